The van der Waals surface area contributed by atoms with Crippen LogP contribution < -0.4 is 9.47 Å². The van der Waals surface area contributed by atoms with Gasteiger partial charge in [0.15, 0.2) is 23.1 Å². The van der Waals surface area contributed by atoms with Gasteiger partial charge in [0.05, 0.1) is 11.6 Å². The van der Waals surface area contributed by atoms with E-state index in [9.17, 15) is 9.59 Å². The molecular weight excluding hydrogens is 378 g/mol. The van der Waals surface area contributed by atoms with Gasteiger partial charge in [-0.15, -0.1) is 0 Å². The van der Waals surface area contributed by atoms with Crippen molar-refractivity contribution in [2.45, 2.75) is 32.6 Å². The molecule has 0 bridgehead atoms. The smallest absolute Gasteiger partial charge is 0.231 e. The van der Waals surface area contributed by atoms with Gasteiger partial charge in [0.25, 0.3) is 0 Å². The average molecular weight is 399 g/mol. The van der Waals surface area contributed by atoms with Gasteiger partial charge < -0.3 is 9.47 Å². The van der Waals surface area contributed by atoms with E-state index in [1.165, 1.54) is 0 Å². The summed E-state index contributed by atoms with van der Waals surface area (Å²) in [5.74, 6) is 0.643. The number of benzene rings is 2. The maximum atomic E-state index is 13.5. The van der Waals surface area contributed by atoms with E-state index in [1.807, 2.05) is 42.5 Å². The molecule has 2 aromatic carbocycles. The molecule has 150 valence electrons. The van der Waals surface area contributed by atoms with Crippen LogP contribution in [0.3, 0.4) is 0 Å². The fourth-order valence-electron chi connectivity index (χ4n) is 5.35. The molecule has 5 nitrogen and oxygen atoms in total. The Balaban J connectivity index is 1.59. The lowest BCUT2D eigenvalue weighted by Crippen LogP contribution is -2.37. The summed E-state index contributed by atoms with van der Waals surface area (Å²) in [7, 11) is 0. The molecular formula is C25H21NO4. The average Bonchev–Trinajstić information content (AvgIpc) is 3.28. The molecule has 2 heterocycles. The summed E-state index contributed by atoms with van der Waals surface area (Å²) in [6, 6.07) is 13.4. The highest BCUT2D eigenvalue weighted by Gasteiger charge is 2.50. The van der Waals surface area contributed by atoms with Crippen LogP contribution in [0.1, 0.15) is 54.1 Å². The predicted molar refractivity (Wildman–Crippen MR) is 111 cm³/mol. The number of hydrogen-bond acceptors (Lipinski definition) is 5. The fraction of sp³-hybridized carbons (Fsp3) is 0.320. The zero-order valence-electron chi connectivity index (χ0n) is 16.9. The second-order valence-electron chi connectivity index (χ2n) is 9.28. The first-order valence-corrected chi connectivity index (χ1v) is 10.3. The van der Waals surface area contributed by atoms with E-state index in [-0.39, 0.29) is 29.7 Å². The maximum absolute atomic E-state index is 13.5. The molecule has 0 amide bonds. The van der Waals surface area contributed by atoms with Crippen LogP contribution in [0.25, 0.3) is 0 Å². The van der Waals surface area contributed by atoms with Crippen LogP contribution in [0.5, 0.6) is 11.5 Å². The molecule has 0 saturated carbocycles. The SMILES string of the molecule is CC1(C)CC(=O)C2=C(C1)N=C1c3ccccc3C(=O)[C@@H]1[C@H]2c1ccc2c(c1)OCO2. The van der Waals surface area contributed by atoms with Crippen LogP contribution in [0.4, 0.5) is 0 Å². The van der Waals surface area contributed by atoms with Gasteiger partial charge in [0.2, 0.25) is 6.79 Å². The molecule has 30 heavy (non-hydrogen) atoms. The minimum Gasteiger partial charge on any atom is -0.454 e. The molecule has 0 spiro atoms. The summed E-state index contributed by atoms with van der Waals surface area (Å²) in [6.07, 6.45) is 1.19. The number of carbonyl (C=O) groups is 2. The standard InChI is InChI=1S/C25H21NO4/c1-25(2)10-16-21(17(27)11-25)20(13-7-8-18-19(9-13)30-12-29-18)22-23(26-16)14-5-3-4-6-15(14)24(22)28/h3-9,20,22H,10-12H2,1-2H3/t20-,22+/m0/s1. The normalized spacial score (nSPS) is 25.6. The molecule has 5 heteroatoms. The van der Waals surface area contributed by atoms with E-state index in [2.05, 4.69) is 13.8 Å². The number of nitrogens with zero attached hydrogens (tertiary/aromatic N) is 1. The van der Waals surface area contributed by atoms with Crippen LogP contribution in [0.2, 0.25) is 0 Å². The third-order valence-corrected chi connectivity index (χ3v) is 6.60. The Morgan fingerprint density at radius 3 is 2.53 bits per heavy atom. The van der Waals surface area contributed by atoms with Gasteiger partial charge in [-0.2, -0.15) is 0 Å². The molecule has 0 fully saturated rings. The largest absolute Gasteiger partial charge is 0.454 e. The minimum atomic E-state index is -0.480. The molecule has 6 rings (SSSR count). The summed E-state index contributed by atoms with van der Waals surface area (Å²) in [5.41, 5.74) is 4.66. The van der Waals surface area contributed by atoms with Crippen molar-refractivity contribution < 1.29 is 19.1 Å². The third-order valence-electron chi connectivity index (χ3n) is 6.60. The Morgan fingerprint density at radius 2 is 1.70 bits per heavy atom. The molecule has 2 atom stereocenters. The summed E-state index contributed by atoms with van der Waals surface area (Å²) < 4.78 is 11.0. The van der Waals surface area contributed by atoms with Crippen LogP contribution in [-0.4, -0.2) is 24.1 Å². The monoisotopic (exact) mass is 399 g/mol. The summed E-state index contributed by atoms with van der Waals surface area (Å²) in [5, 5.41) is 0. The molecule has 0 unspecified atom stereocenters. The number of hydrogen-bond donors (Lipinski definition) is 0. The highest BCUT2D eigenvalue weighted by Crippen LogP contribution is 2.52. The van der Waals surface area contributed by atoms with E-state index >= 15 is 0 Å². The van der Waals surface area contributed by atoms with Gasteiger partial charge in [-0.1, -0.05) is 44.2 Å². The van der Waals surface area contributed by atoms with Gasteiger partial charge in [-0.3, -0.25) is 14.6 Å². The number of ether oxygens (including phenoxy) is 2. The van der Waals surface area contributed by atoms with Crippen LogP contribution in [0, 0.1) is 11.3 Å². The Bertz CT molecular complexity index is 1200. The van der Waals surface area contributed by atoms with E-state index in [1.54, 1.807) is 0 Å². The Labute approximate surface area is 174 Å². The van der Waals surface area contributed by atoms with Crippen LogP contribution in [-0.2, 0) is 4.79 Å². The van der Waals surface area contributed by atoms with Crippen molar-refractivity contribution in [2.75, 3.05) is 6.79 Å². The first-order valence-electron chi connectivity index (χ1n) is 10.3. The zero-order valence-corrected chi connectivity index (χ0v) is 16.9. The van der Waals surface area contributed by atoms with Gasteiger partial charge in [-0.05, 0) is 29.5 Å². The lowest BCUT2D eigenvalue weighted by Gasteiger charge is -2.38. The second kappa shape index (κ2) is 5.91. The predicted octanol–water partition coefficient (Wildman–Crippen LogP) is 4.46. The maximum Gasteiger partial charge on any atom is 0.231 e. The molecule has 0 saturated heterocycles. The molecule has 0 N–H and O–H groups in total. The first-order chi connectivity index (χ1) is 14.4. The summed E-state index contributed by atoms with van der Waals surface area (Å²) in [6.45, 7) is 4.39. The molecule has 2 aliphatic carbocycles. The van der Waals surface area contributed by atoms with Crippen LogP contribution >= 0.6 is 0 Å². The van der Waals surface area contributed by atoms with E-state index < -0.39 is 5.92 Å². The summed E-state index contributed by atoms with van der Waals surface area (Å²) in [4.78, 5) is 31.8. The van der Waals surface area contributed by atoms with E-state index in [4.69, 9.17) is 14.5 Å². The number of aliphatic imine (C=N–C) groups is 1. The highest BCUT2D eigenvalue weighted by atomic mass is 16.7. The van der Waals surface area contributed by atoms with Gasteiger partial charge in [0, 0.05) is 34.7 Å². The van der Waals surface area contributed by atoms with Crippen molar-refractivity contribution in [3.05, 3.63) is 70.4 Å². The zero-order chi connectivity index (χ0) is 20.6. The fourth-order valence-corrected chi connectivity index (χ4v) is 5.35. The third kappa shape index (κ3) is 2.38. The molecule has 0 radical (unpaired) electrons. The number of rotatable bonds is 1. The van der Waals surface area contributed by atoms with Gasteiger partial charge >= 0.3 is 0 Å². The van der Waals surface area contributed by atoms with Crippen molar-refractivity contribution in [1.29, 1.82) is 0 Å². The van der Waals surface area contributed by atoms with E-state index in [0.717, 1.165) is 29.0 Å². The molecule has 4 aliphatic rings. The minimum absolute atomic E-state index is 0.0381. The molecule has 2 aliphatic heterocycles. The second-order valence-corrected chi connectivity index (χ2v) is 9.28. The van der Waals surface area contributed by atoms with E-state index in [0.29, 0.717) is 29.1 Å². The molecule has 2 aromatic rings. The number of ketones is 2. The van der Waals surface area contributed by atoms with Crippen LogP contribution in [0.15, 0.2) is 58.7 Å². The highest BCUT2D eigenvalue weighted by molar-refractivity contribution is 6.30. The van der Waals surface area contributed by atoms with Gasteiger partial charge in [-0.25, -0.2) is 0 Å². The van der Waals surface area contributed by atoms with Crippen molar-refractivity contribution in [2.24, 2.45) is 16.3 Å². The lowest BCUT2D eigenvalue weighted by atomic mass is 9.66. The lowest BCUT2D eigenvalue weighted by molar-refractivity contribution is -0.118. The van der Waals surface area contributed by atoms with Crippen molar-refractivity contribution in [3.8, 4) is 11.5 Å². The van der Waals surface area contributed by atoms with Crippen molar-refractivity contribution in [1.82, 2.24) is 0 Å². The Hall–Kier alpha value is -3.21. The van der Waals surface area contributed by atoms with Gasteiger partial charge in [0.1, 0.15) is 0 Å². The topological polar surface area (TPSA) is 65.0 Å². The number of fused-ring (bicyclic) bond motifs is 4. The van der Waals surface area contributed by atoms with Crippen molar-refractivity contribution >= 4 is 17.3 Å². The molecule has 0 aromatic heterocycles. The quantitative estimate of drug-likeness (QED) is 0.710. The number of Topliss-reactive ketones (excluding diaryl/α,β-unsaturated/α-hetero) is 2. The number of allylic oxidation sites excluding steroid dienone is 2. The first kappa shape index (κ1) is 17.6. The Morgan fingerprint density at radius 1 is 0.933 bits per heavy atom. The van der Waals surface area contributed by atoms with Crippen molar-refractivity contribution in [3.63, 3.8) is 0 Å². The number of carbonyl (C=O) groups excluding carboxylic acids is 2. The Kier molecular flexibility index (Phi) is 3.47. The summed E-state index contributed by atoms with van der Waals surface area (Å²) >= 11 is 0.